The zero-order valence-corrected chi connectivity index (χ0v) is 22.7. The first-order valence-electron chi connectivity index (χ1n) is 13.2. The number of unbranched alkanes of at least 4 members (excludes halogenated alkanes) is 1. The van der Waals surface area contributed by atoms with Crippen LogP contribution in [0.25, 0.3) is 0 Å². The fourth-order valence-electron chi connectivity index (χ4n) is 4.61. The molecule has 2 aromatic rings. The maximum atomic E-state index is 13.4. The van der Waals surface area contributed by atoms with Gasteiger partial charge in [-0.3, -0.25) is 19.1 Å². The third-order valence-corrected chi connectivity index (χ3v) is 6.99. The number of aryl methyl sites for hydroxylation is 2. The number of likely N-dealkylation sites (N-methyl/N-ethyl adjacent to an activating group) is 2. The summed E-state index contributed by atoms with van der Waals surface area (Å²) in [6.45, 7) is 1.80. The van der Waals surface area contributed by atoms with Crippen LogP contribution in [0.5, 0.6) is 5.75 Å². The molecule has 1 aromatic carbocycles. The van der Waals surface area contributed by atoms with Crippen molar-refractivity contribution >= 4 is 17.7 Å². The van der Waals surface area contributed by atoms with Gasteiger partial charge in [-0.25, -0.2) is 0 Å². The Kier molecular flexibility index (Phi) is 10.5. The molecule has 0 aliphatic carbocycles. The number of benzene rings is 1. The van der Waals surface area contributed by atoms with Gasteiger partial charge in [-0.05, 0) is 62.6 Å². The first-order valence-corrected chi connectivity index (χ1v) is 13.2. The van der Waals surface area contributed by atoms with Gasteiger partial charge in [0.25, 0.3) is 5.91 Å². The molecular weight excluding hydrogens is 470 g/mol. The molecule has 0 bridgehead atoms. The topological polar surface area (TPSA) is 88.0 Å². The maximum absolute atomic E-state index is 13.4. The van der Waals surface area contributed by atoms with Crippen LogP contribution in [0.15, 0.2) is 36.7 Å². The Morgan fingerprint density at radius 3 is 2.65 bits per heavy atom. The highest BCUT2D eigenvalue weighted by Crippen LogP contribution is 2.23. The van der Waals surface area contributed by atoms with Crippen LogP contribution < -0.4 is 4.74 Å². The summed E-state index contributed by atoms with van der Waals surface area (Å²) in [6.07, 6.45) is 9.54. The average molecular weight is 512 g/mol. The minimum atomic E-state index is -0.571. The number of hydrogen-bond acceptors (Lipinski definition) is 5. The molecule has 3 rings (SSSR count). The standard InChI is InChI=1S/C28H41N5O4/c1-30(26(34)16-15-22-20-29-32(3)21-22)17-10-8-13-24-28(36)31(2)18-9-5-11-19-37-25-14-7-6-12-23(25)27(35)33(24)4/h6-7,12,14,20-21,24H,5,8-11,13,15-19H2,1-4H3/t24-/m0/s1. The fraction of sp³-hybridized carbons (Fsp3) is 0.571. The van der Waals surface area contributed by atoms with Crippen LogP contribution in [0, 0.1) is 0 Å². The van der Waals surface area contributed by atoms with Gasteiger partial charge in [0.05, 0.1) is 18.4 Å². The first kappa shape index (κ1) is 28.2. The zero-order chi connectivity index (χ0) is 26.8. The number of aromatic nitrogens is 2. The van der Waals surface area contributed by atoms with E-state index in [1.165, 1.54) is 0 Å². The van der Waals surface area contributed by atoms with Crippen molar-refractivity contribution in [2.24, 2.45) is 7.05 Å². The van der Waals surface area contributed by atoms with Gasteiger partial charge in [0.15, 0.2) is 0 Å². The number of carbonyl (C=O) groups is 3. The van der Waals surface area contributed by atoms with Crippen LogP contribution >= 0.6 is 0 Å². The van der Waals surface area contributed by atoms with Crippen molar-refractivity contribution in [2.45, 2.75) is 57.4 Å². The minimum Gasteiger partial charge on any atom is -0.493 e. The Balaban J connectivity index is 1.59. The van der Waals surface area contributed by atoms with Gasteiger partial charge in [-0.2, -0.15) is 5.10 Å². The number of amides is 3. The Hall–Kier alpha value is -3.36. The number of ether oxygens (including phenoxy) is 1. The first-order chi connectivity index (χ1) is 17.8. The van der Waals surface area contributed by atoms with E-state index in [0.717, 1.165) is 37.7 Å². The predicted molar refractivity (Wildman–Crippen MR) is 142 cm³/mol. The second kappa shape index (κ2) is 13.8. The van der Waals surface area contributed by atoms with Crippen LogP contribution in [0.1, 0.15) is 60.9 Å². The summed E-state index contributed by atoms with van der Waals surface area (Å²) < 4.78 is 7.65. The molecule has 1 atom stereocenters. The van der Waals surface area contributed by atoms with Crippen LogP contribution in [-0.4, -0.2) is 89.1 Å². The number of nitrogens with zero attached hydrogens (tertiary/aromatic N) is 5. The second-order valence-electron chi connectivity index (χ2n) is 9.93. The smallest absolute Gasteiger partial charge is 0.258 e. The molecule has 1 aliphatic rings. The molecule has 3 amide bonds. The van der Waals surface area contributed by atoms with E-state index in [4.69, 9.17) is 4.74 Å². The molecule has 202 valence electrons. The third kappa shape index (κ3) is 8.06. The highest BCUT2D eigenvalue weighted by Gasteiger charge is 2.31. The van der Waals surface area contributed by atoms with E-state index in [1.54, 1.807) is 38.7 Å². The summed E-state index contributed by atoms with van der Waals surface area (Å²) in [6, 6.07) is 6.67. The van der Waals surface area contributed by atoms with E-state index in [9.17, 15) is 14.4 Å². The normalized spacial score (nSPS) is 17.4. The molecule has 9 nitrogen and oxygen atoms in total. The maximum Gasteiger partial charge on any atom is 0.258 e. The summed E-state index contributed by atoms with van der Waals surface area (Å²) in [5.41, 5.74) is 1.52. The Morgan fingerprint density at radius 2 is 1.89 bits per heavy atom. The highest BCUT2D eigenvalue weighted by molar-refractivity contribution is 5.99. The van der Waals surface area contributed by atoms with E-state index in [1.807, 2.05) is 45.5 Å². The van der Waals surface area contributed by atoms with Gasteiger partial charge < -0.3 is 19.4 Å². The SMILES string of the molecule is CN(CCCC[C@H]1C(=O)N(C)CCCCCOc2ccccc2C(=O)N1C)C(=O)CCc1cnn(C)c1. The Morgan fingerprint density at radius 1 is 1.11 bits per heavy atom. The minimum absolute atomic E-state index is 0.0469. The number of rotatable bonds is 8. The van der Waals surface area contributed by atoms with E-state index >= 15 is 0 Å². The van der Waals surface area contributed by atoms with Crippen molar-refractivity contribution < 1.29 is 19.1 Å². The van der Waals surface area contributed by atoms with Crippen molar-refractivity contribution in [3.05, 3.63) is 47.8 Å². The van der Waals surface area contributed by atoms with Gasteiger partial charge in [0.2, 0.25) is 11.8 Å². The quantitative estimate of drug-likeness (QED) is 0.508. The van der Waals surface area contributed by atoms with Crippen molar-refractivity contribution in [3.8, 4) is 5.75 Å². The average Bonchev–Trinajstić information content (AvgIpc) is 3.32. The fourth-order valence-corrected chi connectivity index (χ4v) is 4.61. The van der Waals surface area contributed by atoms with Crippen molar-refractivity contribution in [2.75, 3.05) is 40.8 Å². The molecule has 0 fully saturated rings. The molecule has 37 heavy (non-hydrogen) atoms. The lowest BCUT2D eigenvalue weighted by Crippen LogP contribution is -2.48. The molecule has 0 spiro atoms. The Labute approximate surface area is 220 Å². The molecule has 2 heterocycles. The summed E-state index contributed by atoms with van der Waals surface area (Å²) >= 11 is 0. The zero-order valence-electron chi connectivity index (χ0n) is 22.7. The molecule has 1 aliphatic heterocycles. The van der Waals surface area contributed by atoms with Crippen molar-refractivity contribution in [3.63, 3.8) is 0 Å². The molecule has 1 aromatic heterocycles. The highest BCUT2D eigenvalue weighted by atomic mass is 16.5. The van der Waals surface area contributed by atoms with E-state index in [0.29, 0.717) is 50.3 Å². The molecule has 0 saturated heterocycles. The number of hydrogen-bond donors (Lipinski definition) is 0. The lowest BCUT2D eigenvalue weighted by atomic mass is 10.0. The van der Waals surface area contributed by atoms with Crippen molar-refractivity contribution in [1.29, 1.82) is 0 Å². The lowest BCUT2D eigenvalue weighted by molar-refractivity contribution is -0.135. The third-order valence-electron chi connectivity index (χ3n) is 6.99. The molecule has 0 N–H and O–H groups in total. The second-order valence-corrected chi connectivity index (χ2v) is 9.93. The number of para-hydroxylation sites is 1. The van der Waals surface area contributed by atoms with Gasteiger partial charge in [0, 0.05) is 53.9 Å². The molecular formula is C28H41N5O4. The monoisotopic (exact) mass is 511 g/mol. The molecule has 0 radical (unpaired) electrons. The lowest BCUT2D eigenvalue weighted by Gasteiger charge is -2.31. The molecule has 0 saturated carbocycles. The largest absolute Gasteiger partial charge is 0.493 e. The van der Waals surface area contributed by atoms with Gasteiger partial charge in [-0.1, -0.05) is 12.1 Å². The van der Waals surface area contributed by atoms with Gasteiger partial charge in [0.1, 0.15) is 11.8 Å². The van der Waals surface area contributed by atoms with E-state index < -0.39 is 6.04 Å². The van der Waals surface area contributed by atoms with Crippen LogP contribution in [0.4, 0.5) is 0 Å². The number of carbonyl (C=O) groups excluding carboxylic acids is 3. The molecule has 0 unspecified atom stereocenters. The van der Waals surface area contributed by atoms with E-state index in [-0.39, 0.29) is 17.7 Å². The summed E-state index contributed by atoms with van der Waals surface area (Å²) in [7, 11) is 7.19. The van der Waals surface area contributed by atoms with Crippen molar-refractivity contribution in [1.82, 2.24) is 24.5 Å². The summed E-state index contributed by atoms with van der Waals surface area (Å²) in [4.78, 5) is 44.4. The predicted octanol–water partition coefficient (Wildman–Crippen LogP) is 3.14. The van der Waals surface area contributed by atoms with Crippen LogP contribution in [0.3, 0.4) is 0 Å². The summed E-state index contributed by atoms with van der Waals surface area (Å²) in [5, 5.41) is 4.14. The molecule has 9 heteroatoms. The Bertz CT molecular complexity index is 1050. The van der Waals surface area contributed by atoms with Gasteiger partial charge >= 0.3 is 0 Å². The summed E-state index contributed by atoms with van der Waals surface area (Å²) in [5.74, 6) is 0.383. The van der Waals surface area contributed by atoms with E-state index in [2.05, 4.69) is 5.10 Å². The van der Waals surface area contributed by atoms with Crippen LogP contribution in [-0.2, 0) is 23.1 Å². The van der Waals surface area contributed by atoms with Gasteiger partial charge in [-0.15, -0.1) is 0 Å². The van der Waals surface area contributed by atoms with Crippen LogP contribution in [0.2, 0.25) is 0 Å². The number of fused-ring (bicyclic) bond motifs is 1.